The number of imidazole rings is 1. The SMILES string of the molecule is Cc1ccc(S(C)(=O)=O)cc1C(=O)Nc1ccc(-c2cn3cccnc3n2)cc1. The summed E-state index contributed by atoms with van der Waals surface area (Å²) in [6.07, 6.45) is 6.56. The number of amides is 1. The molecule has 0 aliphatic rings. The van der Waals surface area contributed by atoms with Crippen LogP contribution in [0.4, 0.5) is 5.69 Å². The van der Waals surface area contributed by atoms with E-state index in [4.69, 9.17) is 0 Å². The average Bonchev–Trinajstić information content (AvgIpc) is 3.12. The maximum absolute atomic E-state index is 12.7. The summed E-state index contributed by atoms with van der Waals surface area (Å²) in [5.74, 6) is 0.249. The number of carbonyl (C=O) groups is 1. The van der Waals surface area contributed by atoms with Crippen molar-refractivity contribution in [1.29, 1.82) is 0 Å². The third-order valence-corrected chi connectivity index (χ3v) is 5.67. The summed E-state index contributed by atoms with van der Waals surface area (Å²) in [5, 5.41) is 2.81. The van der Waals surface area contributed by atoms with E-state index >= 15 is 0 Å². The fourth-order valence-electron chi connectivity index (χ4n) is 2.97. The van der Waals surface area contributed by atoms with Crippen molar-refractivity contribution in [2.75, 3.05) is 11.6 Å². The van der Waals surface area contributed by atoms with Crippen LogP contribution in [0.5, 0.6) is 0 Å². The Hall–Kier alpha value is -3.52. The van der Waals surface area contributed by atoms with Gasteiger partial charge in [-0.2, -0.15) is 0 Å². The lowest BCUT2D eigenvalue weighted by Gasteiger charge is -2.10. The van der Waals surface area contributed by atoms with Crippen LogP contribution in [-0.4, -0.2) is 34.9 Å². The number of hydrogen-bond donors (Lipinski definition) is 1. The highest BCUT2D eigenvalue weighted by molar-refractivity contribution is 7.90. The van der Waals surface area contributed by atoms with Gasteiger partial charge in [-0.1, -0.05) is 18.2 Å². The molecule has 29 heavy (non-hydrogen) atoms. The van der Waals surface area contributed by atoms with E-state index in [0.717, 1.165) is 17.5 Å². The summed E-state index contributed by atoms with van der Waals surface area (Å²) in [5.41, 5.74) is 3.29. The van der Waals surface area contributed by atoms with E-state index in [9.17, 15) is 13.2 Å². The lowest BCUT2D eigenvalue weighted by atomic mass is 10.1. The zero-order valence-corrected chi connectivity index (χ0v) is 16.6. The molecule has 0 bridgehead atoms. The molecule has 0 aliphatic heterocycles. The Morgan fingerprint density at radius 1 is 1.10 bits per heavy atom. The van der Waals surface area contributed by atoms with E-state index in [1.807, 2.05) is 35.0 Å². The molecule has 0 spiro atoms. The van der Waals surface area contributed by atoms with Crippen LogP contribution in [-0.2, 0) is 9.84 Å². The molecule has 7 nitrogen and oxygen atoms in total. The van der Waals surface area contributed by atoms with Gasteiger partial charge in [-0.25, -0.2) is 18.4 Å². The molecule has 0 atom stereocenters. The minimum atomic E-state index is -3.39. The summed E-state index contributed by atoms with van der Waals surface area (Å²) in [6, 6.07) is 13.6. The third kappa shape index (κ3) is 3.88. The van der Waals surface area contributed by atoms with Gasteiger partial charge in [0.2, 0.25) is 5.78 Å². The van der Waals surface area contributed by atoms with Gasteiger partial charge in [0.1, 0.15) is 0 Å². The Morgan fingerprint density at radius 2 is 1.86 bits per heavy atom. The van der Waals surface area contributed by atoms with Crippen molar-refractivity contribution in [2.24, 2.45) is 0 Å². The molecule has 1 amide bonds. The van der Waals surface area contributed by atoms with Gasteiger partial charge in [0.15, 0.2) is 9.84 Å². The van der Waals surface area contributed by atoms with Crippen molar-refractivity contribution < 1.29 is 13.2 Å². The Morgan fingerprint density at radius 3 is 2.55 bits per heavy atom. The first kappa shape index (κ1) is 18.8. The normalized spacial score (nSPS) is 11.5. The molecule has 0 aliphatic carbocycles. The fraction of sp³-hybridized carbons (Fsp3) is 0.0952. The van der Waals surface area contributed by atoms with E-state index in [2.05, 4.69) is 15.3 Å². The maximum atomic E-state index is 12.7. The highest BCUT2D eigenvalue weighted by Crippen LogP contribution is 2.22. The van der Waals surface area contributed by atoms with Gasteiger partial charge < -0.3 is 5.32 Å². The molecule has 8 heteroatoms. The van der Waals surface area contributed by atoms with E-state index in [0.29, 0.717) is 22.6 Å². The monoisotopic (exact) mass is 406 g/mol. The molecule has 146 valence electrons. The first-order chi connectivity index (χ1) is 13.8. The second-order valence-electron chi connectivity index (χ2n) is 6.73. The molecule has 1 N–H and O–H groups in total. The van der Waals surface area contributed by atoms with Crippen molar-refractivity contribution in [2.45, 2.75) is 11.8 Å². The number of hydrogen-bond acceptors (Lipinski definition) is 5. The van der Waals surface area contributed by atoms with Crippen LogP contribution in [0.3, 0.4) is 0 Å². The van der Waals surface area contributed by atoms with Gasteiger partial charge in [0.25, 0.3) is 5.91 Å². The average molecular weight is 406 g/mol. The zero-order chi connectivity index (χ0) is 20.6. The standard InChI is InChI=1S/C21H18N4O3S/c1-14-4-9-17(29(2,27)28)12-18(14)20(26)23-16-7-5-15(6-8-16)19-13-25-11-3-10-22-21(25)24-19/h3-13H,1-2H3,(H,23,26). The van der Waals surface area contributed by atoms with Crippen LogP contribution in [0.2, 0.25) is 0 Å². The second-order valence-corrected chi connectivity index (χ2v) is 8.75. The van der Waals surface area contributed by atoms with Crippen molar-refractivity contribution in [3.05, 3.63) is 78.2 Å². The molecule has 0 fully saturated rings. The van der Waals surface area contributed by atoms with Gasteiger partial charge in [-0.3, -0.25) is 9.20 Å². The lowest BCUT2D eigenvalue weighted by molar-refractivity contribution is 0.102. The molecular weight excluding hydrogens is 388 g/mol. The molecule has 0 unspecified atom stereocenters. The van der Waals surface area contributed by atoms with Crippen molar-refractivity contribution >= 4 is 27.2 Å². The van der Waals surface area contributed by atoms with Crippen LogP contribution in [0.1, 0.15) is 15.9 Å². The largest absolute Gasteiger partial charge is 0.322 e. The molecule has 2 aromatic carbocycles. The van der Waals surface area contributed by atoms with Gasteiger partial charge in [-0.15, -0.1) is 0 Å². The number of rotatable bonds is 4. The van der Waals surface area contributed by atoms with E-state index in [1.54, 1.807) is 31.3 Å². The molecule has 2 heterocycles. The summed E-state index contributed by atoms with van der Waals surface area (Å²) in [4.78, 5) is 21.4. The molecule has 2 aromatic heterocycles. The number of fused-ring (bicyclic) bond motifs is 1. The van der Waals surface area contributed by atoms with Crippen LogP contribution >= 0.6 is 0 Å². The molecule has 0 saturated heterocycles. The summed E-state index contributed by atoms with van der Waals surface area (Å²) >= 11 is 0. The van der Waals surface area contributed by atoms with Gasteiger partial charge in [0.05, 0.1) is 10.6 Å². The summed E-state index contributed by atoms with van der Waals surface area (Å²) < 4.78 is 25.4. The molecule has 0 saturated carbocycles. The van der Waals surface area contributed by atoms with Crippen molar-refractivity contribution in [3.8, 4) is 11.3 Å². The molecule has 4 rings (SSSR count). The van der Waals surface area contributed by atoms with Crippen LogP contribution in [0, 0.1) is 6.92 Å². The Bertz CT molecular complexity index is 1290. The van der Waals surface area contributed by atoms with E-state index < -0.39 is 9.84 Å². The Kier molecular flexibility index (Phi) is 4.63. The summed E-state index contributed by atoms with van der Waals surface area (Å²) in [7, 11) is -3.39. The molecular formula is C21H18N4O3S. The number of aromatic nitrogens is 3. The third-order valence-electron chi connectivity index (χ3n) is 4.56. The Labute approximate surface area is 168 Å². The fourth-order valence-corrected chi connectivity index (χ4v) is 3.62. The number of aryl methyl sites for hydroxylation is 1. The minimum Gasteiger partial charge on any atom is -0.322 e. The number of anilines is 1. The van der Waals surface area contributed by atoms with Crippen molar-refractivity contribution in [1.82, 2.24) is 14.4 Å². The number of carbonyl (C=O) groups excluding carboxylic acids is 1. The topological polar surface area (TPSA) is 93.4 Å². The smallest absolute Gasteiger partial charge is 0.255 e. The summed E-state index contributed by atoms with van der Waals surface area (Å²) in [6.45, 7) is 1.77. The number of sulfone groups is 1. The highest BCUT2D eigenvalue weighted by atomic mass is 32.2. The lowest BCUT2D eigenvalue weighted by Crippen LogP contribution is -2.14. The van der Waals surface area contributed by atoms with Crippen LogP contribution in [0.25, 0.3) is 17.0 Å². The second kappa shape index (κ2) is 7.14. The number of benzene rings is 2. The van der Waals surface area contributed by atoms with Crippen LogP contribution in [0.15, 0.2) is 72.0 Å². The van der Waals surface area contributed by atoms with Gasteiger partial charge in [-0.05, 0) is 42.8 Å². The predicted molar refractivity (Wildman–Crippen MR) is 111 cm³/mol. The van der Waals surface area contributed by atoms with Gasteiger partial charge >= 0.3 is 0 Å². The number of nitrogens with zero attached hydrogens (tertiary/aromatic N) is 3. The first-order valence-electron chi connectivity index (χ1n) is 8.83. The zero-order valence-electron chi connectivity index (χ0n) is 15.8. The van der Waals surface area contributed by atoms with E-state index in [-0.39, 0.29) is 10.8 Å². The number of nitrogens with one attached hydrogen (secondary N) is 1. The highest BCUT2D eigenvalue weighted by Gasteiger charge is 2.15. The molecule has 4 aromatic rings. The van der Waals surface area contributed by atoms with E-state index in [1.165, 1.54) is 12.1 Å². The minimum absolute atomic E-state index is 0.115. The quantitative estimate of drug-likeness (QED) is 0.561. The Balaban J connectivity index is 1.57. The van der Waals surface area contributed by atoms with Gasteiger partial charge in [0, 0.05) is 41.7 Å². The molecule has 0 radical (unpaired) electrons. The van der Waals surface area contributed by atoms with Crippen molar-refractivity contribution in [3.63, 3.8) is 0 Å². The van der Waals surface area contributed by atoms with Crippen LogP contribution < -0.4 is 5.32 Å². The first-order valence-corrected chi connectivity index (χ1v) is 10.7. The maximum Gasteiger partial charge on any atom is 0.255 e. The predicted octanol–water partition coefficient (Wildman–Crippen LogP) is 3.36.